The summed E-state index contributed by atoms with van der Waals surface area (Å²) in [5, 5.41) is 11.8. The number of nitrogens with one attached hydrogen (secondary N) is 1. The molecule has 5 nitrogen and oxygen atoms in total. The molecule has 0 spiro atoms. The number of hydrogen-bond acceptors (Lipinski definition) is 5. The molecule has 0 aliphatic carbocycles. The van der Waals surface area contributed by atoms with Gasteiger partial charge in [0.15, 0.2) is 0 Å². The zero-order valence-corrected chi connectivity index (χ0v) is 12.4. The summed E-state index contributed by atoms with van der Waals surface area (Å²) in [6.07, 6.45) is 5.19. The molecule has 0 radical (unpaired) electrons. The van der Waals surface area contributed by atoms with Gasteiger partial charge in [0.2, 0.25) is 0 Å². The third-order valence-corrected chi connectivity index (χ3v) is 2.61. The normalized spacial score (nSPS) is 11.1. The van der Waals surface area contributed by atoms with Crippen molar-refractivity contribution in [1.29, 1.82) is 0 Å². The van der Waals surface area contributed by atoms with Crippen LogP contribution in [0.4, 0.5) is 0 Å². The highest BCUT2D eigenvalue weighted by Gasteiger charge is 1.92. The fourth-order valence-electron chi connectivity index (χ4n) is 1.55. The Hall–Kier alpha value is -0.200. The van der Waals surface area contributed by atoms with Crippen molar-refractivity contribution in [3.05, 3.63) is 0 Å². The Morgan fingerprint density at radius 3 is 2.00 bits per heavy atom. The average molecular weight is 277 g/mol. The van der Waals surface area contributed by atoms with Crippen molar-refractivity contribution < 1.29 is 19.3 Å². The van der Waals surface area contributed by atoms with Crippen molar-refractivity contribution in [3.63, 3.8) is 0 Å². The number of hydrogen-bond donors (Lipinski definition) is 2. The van der Waals surface area contributed by atoms with E-state index in [0.29, 0.717) is 33.0 Å². The van der Waals surface area contributed by atoms with E-state index in [1.807, 2.05) is 0 Å². The lowest BCUT2D eigenvalue weighted by Crippen LogP contribution is -2.21. The maximum Gasteiger partial charge on any atom is 0.0701 e. The van der Waals surface area contributed by atoms with Gasteiger partial charge in [-0.05, 0) is 13.0 Å². The van der Waals surface area contributed by atoms with Crippen molar-refractivity contribution in [2.75, 3.05) is 59.3 Å². The van der Waals surface area contributed by atoms with E-state index in [9.17, 15) is 0 Å². The fourth-order valence-corrected chi connectivity index (χ4v) is 1.55. The van der Waals surface area contributed by atoms with Gasteiger partial charge in [-0.3, -0.25) is 0 Å². The van der Waals surface area contributed by atoms with Crippen LogP contribution in [0.2, 0.25) is 0 Å². The minimum atomic E-state index is 0.0640. The first-order valence-corrected chi connectivity index (χ1v) is 7.46. The van der Waals surface area contributed by atoms with Crippen LogP contribution in [0.15, 0.2) is 0 Å². The second kappa shape index (κ2) is 17.8. The third-order valence-electron chi connectivity index (χ3n) is 2.61. The van der Waals surface area contributed by atoms with Gasteiger partial charge in [-0.1, -0.05) is 26.2 Å². The highest BCUT2D eigenvalue weighted by molar-refractivity contribution is 4.48. The molecule has 0 amide bonds. The smallest absolute Gasteiger partial charge is 0.0701 e. The molecule has 5 heteroatoms. The number of aliphatic hydroxyl groups is 1. The van der Waals surface area contributed by atoms with Gasteiger partial charge in [0.05, 0.1) is 46.2 Å². The van der Waals surface area contributed by atoms with Crippen molar-refractivity contribution in [3.8, 4) is 0 Å². The van der Waals surface area contributed by atoms with Gasteiger partial charge in [-0.2, -0.15) is 0 Å². The summed E-state index contributed by atoms with van der Waals surface area (Å²) in [5.74, 6) is 0. The summed E-state index contributed by atoms with van der Waals surface area (Å²) < 4.78 is 15.8. The predicted molar refractivity (Wildman–Crippen MR) is 76.6 cm³/mol. The molecule has 0 rings (SSSR count). The molecule has 0 aromatic carbocycles. The van der Waals surface area contributed by atoms with Crippen molar-refractivity contribution in [2.24, 2.45) is 0 Å². The van der Waals surface area contributed by atoms with Crippen LogP contribution in [-0.2, 0) is 14.2 Å². The number of rotatable bonds is 16. The van der Waals surface area contributed by atoms with Crippen LogP contribution in [0.25, 0.3) is 0 Å². The zero-order valence-electron chi connectivity index (χ0n) is 12.4. The van der Waals surface area contributed by atoms with Gasteiger partial charge < -0.3 is 24.6 Å². The molecule has 0 aliphatic heterocycles. The second-order valence-electron chi connectivity index (χ2n) is 4.37. The number of ether oxygens (including phenoxy) is 3. The molecular formula is C14H31NO4. The lowest BCUT2D eigenvalue weighted by molar-refractivity contribution is 0.00822. The molecule has 0 saturated carbocycles. The lowest BCUT2D eigenvalue weighted by Gasteiger charge is -2.07. The Bertz CT molecular complexity index is 142. The molecule has 0 heterocycles. The molecule has 0 aromatic rings. The Balaban J connectivity index is 2.88. The van der Waals surface area contributed by atoms with Gasteiger partial charge >= 0.3 is 0 Å². The second-order valence-corrected chi connectivity index (χ2v) is 4.37. The molecule has 0 aliphatic rings. The minimum absolute atomic E-state index is 0.0640. The first-order valence-electron chi connectivity index (χ1n) is 7.46. The molecule has 0 bridgehead atoms. The highest BCUT2D eigenvalue weighted by Crippen LogP contribution is 1.96. The van der Waals surface area contributed by atoms with Crippen LogP contribution >= 0.6 is 0 Å². The van der Waals surface area contributed by atoms with E-state index in [2.05, 4.69) is 12.2 Å². The monoisotopic (exact) mass is 277 g/mol. The van der Waals surface area contributed by atoms with E-state index in [1.54, 1.807) is 0 Å². The first kappa shape index (κ1) is 18.8. The average Bonchev–Trinajstić information content (AvgIpc) is 2.43. The first-order chi connectivity index (χ1) is 9.41. The summed E-state index contributed by atoms with van der Waals surface area (Å²) in [7, 11) is 0. The van der Waals surface area contributed by atoms with E-state index < -0.39 is 0 Å². The van der Waals surface area contributed by atoms with E-state index in [4.69, 9.17) is 19.3 Å². The summed E-state index contributed by atoms with van der Waals surface area (Å²) in [5.41, 5.74) is 0. The van der Waals surface area contributed by atoms with E-state index in [0.717, 1.165) is 19.7 Å². The lowest BCUT2D eigenvalue weighted by atomic mass is 10.2. The summed E-state index contributed by atoms with van der Waals surface area (Å²) >= 11 is 0. The summed E-state index contributed by atoms with van der Waals surface area (Å²) in [6, 6.07) is 0. The van der Waals surface area contributed by atoms with Crippen LogP contribution in [-0.4, -0.2) is 64.4 Å². The van der Waals surface area contributed by atoms with Gasteiger partial charge in [0.25, 0.3) is 0 Å². The number of unbranched alkanes of at least 4 members (excludes halogenated alkanes) is 3. The molecule has 2 N–H and O–H groups in total. The molecule has 19 heavy (non-hydrogen) atoms. The third kappa shape index (κ3) is 17.8. The molecule has 0 atom stereocenters. The topological polar surface area (TPSA) is 60.0 Å². The maximum absolute atomic E-state index is 8.48. The van der Waals surface area contributed by atoms with Crippen LogP contribution in [0.1, 0.15) is 32.6 Å². The van der Waals surface area contributed by atoms with Crippen LogP contribution in [0.5, 0.6) is 0 Å². The van der Waals surface area contributed by atoms with Gasteiger partial charge in [0, 0.05) is 6.54 Å². The van der Waals surface area contributed by atoms with Crippen LogP contribution < -0.4 is 5.32 Å². The predicted octanol–water partition coefficient (Wildman–Crippen LogP) is 1.20. The van der Waals surface area contributed by atoms with E-state index in [-0.39, 0.29) is 6.61 Å². The Labute approximate surface area is 117 Å². The maximum atomic E-state index is 8.48. The van der Waals surface area contributed by atoms with Gasteiger partial charge in [0.1, 0.15) is 0 Å². The van der Waals surface area contributed by atoms with Crippen molar-refractivity contribution in [2.45, 2.75) is 32.6 Å². The van der Waals surface area contributed by atoms with Crippen LogP contribution in [0.3, 0.4) is 0 Å². The molecule has 0 saturated heterocycles. The molecule has 116 valence electrons. The molecular weight excluding hydrogens is 246 g/mol. The highest BCUT2D eigenvalue weighted by atomic mass is 16.5. The van der Waals surface area contributed by atoms with Crippen LogP contribution in [0, 0.1) is 0 Å². The standard InChI is InChI=1S/C14H31NO4/c1-2-3-4-5-6-15-7-9-17-11-13-19-14-12-18-10-8-16/h15-16H,2-14H2,1H3. The quantitative estimate of drug-likeness (QED) is 0.415. The minimum Gasteiger partial charge on any atom is -0.394 e. The van der Waals surface area contributed by atoms with Crippen molar-refractivity contribution >= 4 is 0 Å². The largest absolute Gasteiger partial charge is 0.394 e. The zero-order chi connectivity index (χ0) is 14.0. The fraction of sp³-hybridized carbons (Fsp3) is 1.00. The molecule has 0 unspecified atom stereocenters. The van der Waals surface area contributed by atoms with Crippen molar-refractivity contribution in [1.82, 2.24) is 5.32 Å². The SMILES string of the molecule is CCCCCCNCCOCCOCCOCCO. The Morgan fingerprint density at radius 1 is 0.737 bits per heavy atom. The number of aliphatic hydroxyl groups excluding tert-OH is 1. The molecule has 0 fully saturated rings. The Kier molecular flexibility index (Phi) is 17.6. The van der Waals surface area contributed by atoms with Gasteiger partial charge in [-0.15, -0.1) is 0 Å². The van der Waals surface area contributed by atoms with Gasteiger partial charge in [-0.25, -0.2) is 0 Å². The summed E-state index contributed by atoms with van der Waals surface area (Å²) in [6.45, 7) is 7.70. The Morgan fingerprint density at radius 2 is 1.37 bits per heavy atom. The summed E-state index contributed by atoms with van der Waals surface area (Å²) in [4.78, 5) is 0. The van der Waals surface area contributed by atoms with E-state index in [1.165, 1.54) is 25.7 Å². The van der Waals surface area contributed by atoms with E-state index >= 15 is 0 Å². The molecule has 0 aromatic heterocycles.